The Morgan fingerprint density at radius 1 is 1.26 bits per heavy atom. The Morgan fingerprint density at radius 2 is 1.89 bits per heavy atom. The van der Waals surface area contributed by atoms with Crippen LogP contribution in [0.15, 0.2) is 9.59 Å². The van der Waals surface area contributed by atoms with E-state index in [-0.39, 0.29) is 11.4 Å². The maximum atomic E-state index is 12.2. The highest BCUT2D eigenvalue weighted by molar-refractivity contribution is 5.67. The molecular weight excluding hydrogens is 246 g/mol. The number of nitrogen functional groups attached to an aromatic ring is 1. The SMILES string of the molecule is CCc1nc(-c2c(N)n(C)c(=O)n(C)c2=O)[nH]c1C. The predicted octanol–water partition coefficient (Wildman–Crippen LogP) is -0.0729. The van der Waals surface area contributed by atoms with Crippen LogP contribution in [0.25, 0.3) is 11.4 Å². The number of rotatable bonds is 2. The predicted molar refractivity (Wildman–Crippen MR) is 73.0 cm³/mol. The first-order valence-electron chi connectivity index (χ1n) is 5.99. The van der Waals surface area contributed by atoms with Crippen LogP contribution in [0.2, 0.25) is 0 Å². The standard InChI is InChI=1S/C12H17N5O2/c1-5-7-6(2)14-10(15-7)8-9(13)16(3)12(19)17(4)11(8)18/h5,13H2,1-4H3,(H,14,15). The summed E-state index contributed by atoms with van der Waals surface area (Å²) < 4.78 is 2.26. The summed E-state index contributed by atoms with van der Waals surface area (Å²) in [7, 11) is 2.95. The molecule has 0 aliphatic carbocycles. The average molecular weight is 263 g/mol. The van der Waals surface area contributed by atoms with Gasteiger partial charge in [0.25, 0.3) is 5.56 Å². The maximum absolute atomic E-state index is 12.2. The molecule has 0 aliphatic heterocycles. The van der Waals surface area contributed by atoms with Crippen LogP contribution >= 0.6 is 0 Å². The van der Waals surface area contributed by atoms with E-state index in [0.717, 1.165) is 22.4 Å². The molecule has 7 nitrogen and oxygen atoms in total. The van der Waals surface area contributed by atoms with Crippen molar-refractivity contribution < 1.29 is 0 Å². The van der Waals surface area contributed by atoms with Gasteiger partial charge in [-0.05, 0) is 13.3 Å². The highest BCUT2D eigenvalue weighted by atomic mass is 16.2. The van der Waals surface area contributed by atoms with E-state index in [2.05, 4.69) is 9.97 Å². The highest BCUT2D eigenvalue weighted by Gasteiger charge is 2.18. The molecule has 2 aromatic heterocycles. The van der Waals surface area contributed by atoms with Crippen LogP contribution in [0, 0.1) is 6.92 Å². The summed E-state index contributed by atoms with van der Waals surface area (Å²) in [5.41, 5.74) is 6.98. The first-order valence-corrected chi connectivity index (χ1v) is 5.99. The summed E-state index contributed by atoms with van der Waals surface area (Å²) in [5.74, 6) is 0.521. The zero-order valence-corrected chi connectivity index (χ0v) is 11.4. The summed E-state index contributed by atoms with van der Waals surface area (Å²) in [6.45, 7) is 3.87. The molecule has 2 aromatic rings. The number of hydrogen-bond donors (Lipinski definition) is 2. The molecule has 0 bridgehead atoms. The molecule has 0 amide bonds. The second-order valence-electron chi connectivity index (χ2n) is 4.48. The van der Waals surface area contributed by atoms with Gasteiger partial charge in [-0.1, -0.05) is 6.92 Å². The molecule has 2 heterocycles. The average Bonchev–Trinajstić information content (AvgIpc) is 2.75. The second-order valence-corrected chi connectivity index (χ2v) is 4.48. The van der Waals surface area contributed by atoms with Gasteiger partial charge >= 0.3 is 5.69 Å². The Hall–Kier alpha value is -2.31. The molecule has 0 aliphatic rings. The van der Waals surface area contributed by atoms with Gasteiger partial charge in [0.05, 0.1) is 5.69 Å². The third-order valence-electron chi connectivity index (χ3n) is 3.27. The van der Waals surface area contributed by atoms with E-state index in [1.807, 2.05) is 13.8 Å². The largest absolute Gasteiger partial charge is 0.384 e. The molecule has 0 spiro atoms. The molecule has 0 saturated carbocycles. The van der Waals surface area contributed by atoms with Crippen molar-refractivity contribution in [1.29, 1.82) is 0 Å². The molecular formula is C12H17N5O2. The van der Waals surface area contributed by atoms with Gasteiger partial charge in [0, 0.05) is 19.8 Å². The molecule has 0 unspecified atom stereocenters. The maximum Gasteiger partial charge on any atom is 0.332 e. The Labute approximate surface area is 109 Å². The molecule has 7 heteroatoms. The van der Waals surface area contributed by atoms with E-state index >= 15 is 0 Å². The minimum absolute atomic E-state index is 0.115. The van der Waals surface area contributed by atoms with Crippen LogP contribution in [0.1, 0.15) is 18.3 Å². The van der Waals surface area contributed by atoms with E-state index in [1.165, 1.54) is 18.7 Å². The topological polar surface area (TPSA) is 98.7 Å². The van der Waals surface area contributed by atoms with Crippen molar-refractivity contribution >= 4 is 5.82 Å². The van der Waals surface area contributed by atoms with Crippen LogP contribution < -0.4 is 17.0 Å². The Bertz CT molecular complexity index is 751. The normalized spacial score (nSPS) is 10.9. The minimum atomic E-state index is -0.453. The van der Waals surface area contributed by atoms with Crippen LogP contribution in [0.4, 0.5) is 5.82 Å². The van der Waals surface area contributed by atoms with Gasteiger partial charge in [-0.25, -0.2) is 9.78 Å². The molecule has 3 N–H and O–H groups in total. The molecule has 0 atom stereocenters. The van der Waals surface area contributed by atoms with E-state index in [1.54, 1.807) is 0 Å². The van der Waals surface area contributed by atoms with Gasteiger partial charge in [0.15, 0.2) is 0 Å². The van der Waals surface area contributed by atoms with E-state index in [0.29, 0.717) is 5.82 Å². The van der Waals surface area contributed by atoms with Gasteiger partial charge in [-0.3, -0.25) is 13.9 Å². The zero-order chi connectivity index (χ0) is 14.3. The summed E-state index contributed by atoms with van der Waals surface area (Å²) >= 11 is 0. The lowest BCUT2D eigenvalue weighted by Crippen LogP contribution is -2.39. The number of aryl methyl sites for hydroxylation is 2. The third kappa shape index (κ3) is 1.87. The molecule has 0 saturated heterocycles. The quantitative estimate of drug-likeness (QED) is 0.792. The number of nitrogens with two attached hydrogens (primary N) is 1. The molecule has 19 heavy (non-hydrogen) atoms. The second kappa shape index (κ2) is 4.42. The molecule has 0 radical (unpaired) electrons. The van der Waals surface area contributed by atoms with Crippen LogP contribution in [-0.4, -0.2) is 19.1 Å². The van der Waals surface area contributed by atoms with Crippen LogP contribution in [-0.2, 0) is 20.5 Å². The Kier molecular flexibility index (Phi) is 3.05. The summed E-state index contributed by atoms with van der Waals surface area (Å²) in [6, 6.07) is 0. The summed E-state index contributed by atoms with van der Waals surface area (Å²) in [5, 5.41) is 0. The van der Waals surface area contributed by atoms with Gasteiger partial charge in [-0.2, -0.15) is 0 Å². The first-order chi connectivity index (χ1) is 8.88. The first kappa shape index (κ1) is 13.1. The van der Waals surface area contributed by atoms with Gasteiger partial charge < -0.3 is 10.7 Å². The van der Waals surface area contributed by atoms with Gasteiger partial charge in [0.1, 0.15) is 17.2 Å². The smallest absolute Gasteiger partial charge is 0.332 e. The van der Waals surface area contributed by atoms with E-state index in [9.17, 15) is 9.59 Å². The monoisotopic (exact) mass is 263 g/mol. The number of aromatic amines is 1. The molecule has 102 valence electrons. The zero-order valence-electron chi connectivity index (χ0n) is 11.4. The fraction of sp³-hybridized carbons (Fsp3) is 0.417. The lowest BCUT2D eigenvalue weighted by atomic mass is 10.3. The lowest BCUT2D eigenvalue weighted by Gasteiger charge is -2.09. The van der Waals surface area contributed by atoms with Crippen molar-refractivity contribution in [2.45, 2.75) is 20.3 Å². The van der Waals surface area contributed by atoms with Gasteiger partial charge in [0.2, 0.25) is 0 Å². The number of aromatic nitrogens is 4. The highest BCUT2D eigenvalue weighted by Crippen LogP contribution is 2.19. The fourth-order valence-electron chi connectivity index (χ4n) is 2.04. The summed E-state index contributed by atoms with van der Waals surface area (Å²) in [6.07, 6.45) is 0.758. The Morgan fingerprint density at radius 3 is 2.42 bits per heavy atom. The lowest BCUT2D eigenvalue weighted by molar-refractivity contribution is 0.695. The third-order valence-corrected chi connectivity index (χ3v) is 3.27. The van der Waals surface area contributed by atoms with Crippen molar-refractivity contribution in [3.63, 3.8) is 0 Å². The number of nitrogens with zero attached hydrogens (tertiary/aromatic N) is 3. The number of nitrogens with one attached hydrogen (secondary N) is 1. The van der Waals surface area contributed by atoms with Crippen LogP contribution in [0.5, 0.6) is 0 Å². The van der Waals surface area contributed by atoms with Crippen molar-refractivity contribution in [3.8, 4) is 11.4 Å². The van der Waals surface area contributed by atoms with Crippen molar-refractivity contribution in [1.82, 2.24) is 19.1 Å². The van der Waals surface area contributed by atoms with E-state index in [4.69, 9.17) is 5.73 Å². The number of anilines is 1. The van der Waals surface area contributed by atoms with Crippen molar-refractivity contribution in [2.75, 3.05) is 5.73 Å². The Balaban J connectivity index is 2.83. The number of imidazole rings is 1. The molecule has 0 fully saturated rings. The summed E-state index contributed by atoms with van der Waals surface area (Å²) in [4.78, 5) is 31.3. The fourth-order valence-corrected chi connectivity index (χ4v) is 2.04. The van der Waals surface area contributed by atoms with Crippen molar-refractivity contribution in [2.24, 2.45) is 14.1 Å². The van der Waals surface area contributed by atoms with E-state index < -0.39 is 11.2 Å². The number of H-pyrrole nitrogens is 1. The van der Waals surface area contributed by atoms with Crippen LogP contribution in [0.3, 0.4) is 0 Å². The van der Waals surface area contributed by atoms with Gasteiger partial charge in [-0.15, -0.1) is 0 Å². The minimum Gasteiger partial charge on any atom is -0.384 e. The number of hydrogen-bond acceptors (Lipinski definition) is 4. The molecule has 2 rings (SSSR count). The van der Waals surface area contributed by atoms with Crippen molar-refractivity contribution in [3.05, 3.63) is 32.2 Å². The molecule has 0 aromatic carbocycles.